The SMILES string of the molecule is C[C@H]1[C@H](/C=C/c2ccc(-c3ccccc3C#N)cn2)c2nscc2C[C@@H]1C.C[C@H]1[C@H](/C=C/c2ccc(-c3ccccc3C#N)cn2)c2sncc2C[C@@H]1C. The van der Waals surface area contributed by atoms with Gasteiger partial charge in [-0.1, -0.05) is 88.4 Å². The number of nitriles is 2. The molecule has 0 radical (unpaired) electrons. The van der Waals surface area contributed by atoms with E-state index in [9.17, 15) is 10.5 Å². The van der Waals surface area contributed by atoms with Crippen LogP contribution in [0.2, 0.25) is 0 Å². The predicted octanol–water partition coefficient (Wildman–Crippen LogP) is 11.4. The second-order valence-electron chi connectivity index (χ2n) is 14.5. The highest BCUT2D eigenvalue weighted by Crippen LogP contribution is 2.43. The zero-order chi connectivity index (χ0) is 37.6. The van der Waals surface area contributed by atoms with Gasteiger partial charge in [0.25, 0.3) is 0 Å². The molecule has 2 aliphatic rings. The summed E-state index contributed by atoms with van der Waals surface area (Å²) in [6, 6.07) is 27.8. The molecule has 0 fully saturated rings. The molecule has 0 saturated carbocycles. The molecule has 0 bridgehead atoms. The number of rotatable bonds is 6. The van der Waals surface area contributed by atoms with Crippen molar-refractivity contribution in [2.75, 3.05) is 0 Å². The van der Waals surface area contributed by atoms with E-state index in [-0.39, 0.29) is 0 Å². The Balaban J connectivity index is 0.000000167. The van der Waals surface area contributed by atoms with E-state index in [0.717, 1.165) is 46.5 Å². The van der Waals surface area contributed by atoms with E-state index in [1.807, 2.05) is 91.4 Å². The molecule has 268 valence electrons. The first-order valence-corrected chi connectivity index (χ1v) is 20.1. The molecule has 0 N–H and O–H groups in total. The van der Waals surface area contributed by atoms with E-state index in [4.69, 9.17) is 0 Å². The summed E-state index contributed by atoms with van der Waals surface area (Å²) < 4.78 is 9.05. The van der Waals surface area contributed by atoms with Crippen LogP contribution in [0.1, 0.15) is 83.7 Å². The predicted molar refractivity (Wildman–Crippen MR) is 221 cm³/mol. The van der Waals surface area contributed by atoms with Crippen molar-refractivity contribution in [1.82, 2.24) is 18.7 Å². The van der Waals surface area contributed by atoms with Crippen molar-refractivity contribution in [2.45, 2.75) is 52.4 Å². The van der Waals surface area contributed by atoms with Gasteiger partial charge in [0.05, 0.1) is 40.3 Å². The van der Waals surface area contributed by atoms with Gasteiger partial charge in [-0.2, -0.15) is 14.9 Å². The van der Waals surface area contributed by atoms with Crippen LogP contribution < -0.4 is 0 Å². The number of aromatic nitrogens is 4. The molecule has 0 spiro atoms. The summed E-state index contributed by atoms with van der Waals surface area (Å²) in [4.78, 5) is 10.6. The minimum atomic E-state index is 0.343. The van der Waals surface area contributed by atoms with Gasteiger partial charge in [0.2, 0.25) is 0 Å². The van der Waals surface area contributed by atoms with E-state index in [0.29, 0.717) is 46.6 Å². The fraction of sp³-hybridized carbons (Fsp3) is 0.261. The number of hydrogen-bond acceptors (Lipinski definition) is 8. The minimum Gasteiger partial charge on any atom is -0.256 e. The van der Waals surface area contributed by atoms with E-state index < -0.39 is 0 Å². The average molecular weight is 743 g/mol. The van der Waals surface area contributed by atoms with Gasteiger partial charge in [-0.25, -0.2) is 4.37 Å². The molecule has 54 heavy (non-hydrogen) atoms. The van der Waals surface area contributed by atoms with Crippen molar-refractivity contribution in [1.29, 1.82) is 10.5 Å². The number of pyridine rings is 2. The van der Waals surface area contributed by atoms with Crippen LogP contribution in [0.15, 0.2) is 109 Å². The fourth-order valence-electron chi connectivity index (χ4n) is 7.58. The molecule has 8 heteroatoms. The molecule has 8 rings (SSSR count). The lowest BCUT2D eigenvalue weighted by Crippen LogP contribution is -2.24. The maximum atomic E-state index is 9.29. The fourth-order valence-corrected chi connectivity index (χ4v) is 9.29. The Hall–Kier alpha value is -5.54. The van der Waals surface area contributed by atoms with Crippen LogP contribution in [0.5, 0.6) is 0 Å². The van der Waals surface area contributed by atoms with Crippen LogP contribution in [0.4, 0.5) is 0 Å². The summed E-state index contributed by atoms with van der Waals surface area (Å²) in [5.74, 6) is 3.21. The second kappa shape index (κ2) is 16.6. The largest absolute Gasteiger partial charge is 0.256 e. The molecule has 0 aliphatic heterocycles. The highest BCUT2D eigenvalue weighted by Gasteiger charge is 2.32. The van der Waals surface area contributed by atoms with Crippen LogP contribution in [-0.2, 0) is 12.8 Å². The Morgan fingerprint density at radius 2 is 1.19 bits per heavy atom. The van der Waals surface area contributed by atoms with Crippen LogP contribution in [0.25, 0.3) is 34.4 Å². The summed E-state index contributed by atoms with van der Waals surface area (Å²) in [5.41, 5.74) is 11.0. The molecule has 6 nitrogen and oxygen atoms in total. The summed E-state index contributed by atoms with van der Waals surface area (Å²) in [6.07, 6.45) is 16.7. The average Bonchev–Trinajstić information content (AvgIpc) is 3.88. The molecular weight excluding hydrogens is 701 g/mol. The molecule has 4 heterocycles. The highest BCUT2D eigenvalue weighted by molar-refractivity contribution is 7.06. The zero-order valence-electron chi connectivity index (χ0n) is 30.9. The van der Waals surface area contributed by atoms with Crippen LogP contribution >= 0.6 is 23.1 Å². The van der Waals surface area contributed by atoms with Crippen molar-refractivity contribution >= 4 is 35.2 Å². The smallest absolute Gasteiger partial charge is 0.0998 e. The third-order valence-electron chi connectivity index (χ3n) is 11.2. The molecule has 0 unspecified atom stereocenters. The van der Waals surface area contributed by atoms with E-state index in [2.05, 4.69) is 88.2 Å². The maximum Gasteiger partial charge on any atom is 0.0998 e. The van der Waals surface area contributed by atoms with Gasteiger partial charge in [-0.05, 0) is 107 Å². The first-order chi connectivity index (χ1) is 26.3. The molecule has 2 aromatic carbocycles. The topological polar surface area (TPSA) is 99.1 Å². The molecule has 6 aromatic rings. The Labute approximate surface area is 326 Å². The maximum absolute atomic E-state index is 9.29. The second-order valence-corrected chi connectivity index (χ2v) is 16.0. The standard InChI is InChI=1S/2C23H21N3S/c1-15-11-19-14-27-26-23(19)21(16(15)2)10-9-20-8-7-18(13-25-20)22-6-4-3-5-17(22)12-24;1-15-11-19-14-26-27-23(19)21(16(15)2)10-9-20-8-7-18(13-25-20)22-6-4-3-5-17(22)12-24/h2*3-10,13-16,21H,11H2,1-2H3/b2*10-9+/t2*15-,16+,21-/m00/s1. The van der Waals surface area contributed by atoms with E-state index in [1.54, 1.807) is 23.1 Å². The lowest BCUT2D eigenvalue weighted by molar-refractivity contribution is 0.329. The highest BCUT2D eigenvalue weighted by atomic mass is 32.1. The van der Waals surface area contributed by atoms with E-state index >= 15 is 0 Å². The van der Waals surface area contributed by atoms with Gasteiger partial charge in [-0.3, -0.25) is 9.97 Å². The van der Waals surface area contributed by atoms with Crippen LogP contribution in [0.3, 0.4) is 0 Å². The van der Waals surface area contributed by atoms with Gasteiger partial charge >= 0.3 is 0 Å². The summed E-state index contributed by atoms with van der Waals surface area (Å²) in [6.45, 7) is 9.30. The Bertz CT molecular complexity index is 2190. The summed E-state index contributed by atoms with van der Waals surface area (Å²) in [5, 5.41) is 20.8. The number of hydrogen-bond donors (Lipinski definition) is 0. The summed E-state index contributed by atoms with van der Waals surface area (Å²) >= 11 is 3.19. The Morgan fingerprint density at radius 3 is 1.74 bits per heavy atom. The number of nitrogens with zero attached hydrogens (tertiary/aromatic N) is 6. The van der Waals surface area contributed by atoms with Crippen LogP contribution in [-0.4, -0.2) is 18.7 Å². The lowest BCUT2D eigenvalue weighted by Gasteiger charge is -2.31. The molecule has 0 amide bonds. The Morgan fingerprint density at radius 1 is 0.648 bits per heavy atom. The third kappa shape index (κ3) is 7.87. The van der Waals surface area contributed by atoms with Crippen molar-refractivity contribution in [2.24, 2.45) is 23.7 Å². The zero-order valence-corrected chi connectivity index (χ0v) is 32.6. The summed E-state index contributed by atoms with van der Waals surface area (Å²) in [7, 11) is 0. The quantitative estimate of drug-likeness (QED) is 0.168. The van der Waals surface area contributed by atoms with Crippen molar-refractivity contribution in [3.05, 3.63) is 153 Å². The minimum absolute atomic E-state index is 0.343. The molecular formula is C46H42N6S2. The first kappa shape index (κ1) is 36.8. The van der Waals surface area contributed by atoms with Crippen LogP contribution in [0, 0.1) is 46.3 Å². The monoisotopic (exact) mass is 742 g/mol. The number of allylic oxidation sites excluding steroid dienone is 2. The molecule has 0 saturated heterocycles. The van der Waals surface area contributed by atoms with Gasteiger partial charge in [-0.15, -0.1) is 0 Å². The van der Waals surface area contributed by atoms with Crippen molar-refractivity contribution < 1.29 is 0 Å². The van der Waals surface area contributed by atoms with Crippen molar-refractivity contribution in [3.8, 4) is 34.4 Å². The molecule has 4 aromatic heterocycles. The van der Waals surface area contributed by atoms with Gasteiger partial charge in [0.15, 0.2) is 0 Å². The Kier molecular flexibility index (Phi) is 11.3. The van der Waals surface area contributed by atoms with Crippen molar-refractivity contribution in [3.63, 3.8) is 0 Å². The number of fused-ring (bicyclic) bond motifs is 2. The lowest BCUT2D eigenvalue weighted by atomic mass is 9.73. The third-order valence-corrected chi connectivity index (χ3v) is 12.9. The normalized spacial score (nSPS) is 21.7. The molecule has 6 atom stereocenters. The first-order valence-electron chi connectivity index (χ1n) is 18.5. The number of benzene rings is 2. The van der Waals surface area contributed by atoms with Gasteiger partial charge < -0.3 is 0 Å². The molecule has 2 aliphatic carbocycles. The van der Waals surface area contributed by atoms with Gasteiger partial charge in [0.1, 0.15) is 0 Å². The van der Waals surface area contributed by atoms with E-state index in [1.165, 1.54) is 21.7 Å². The van der Waals surface area contributed by atoms with Gasteiger partial charge in [0, 0.05) is 62.9 Å².